The number of hydrogen-bond donors (Lipinski definition) is 7. The first-order chi connectivity index (χ1) is 12.3. The molecule has 0 unspecified atom stereocenters. The molecule has 11 nitrogen and oxygen atoms in total. The van der Waals surface area contributed by atoms with Crippen LogP contribution in [0.4, 0.5) is 0 Å². The summed E-state index contributed by atoms with van der Waals surface area (Å²) in [6.45, 7) is 0.331. The van der Waals surface area contributed by atoms with Crippen LogP contribution >= 0.6 is 0 Å². The van der Waals surface area contributed by atoms with Crippen LogP contribution in [0.1, 0.15) is 13.3 Å². The fourth-order valence-corrected chi connectivity index (χ4v) is 2.96. The van der Waals surface area contributed by atoms with Crippen molar-refractivity contribution in [1.29, 1.82) is 0 Å². The molecule has 7 N–H and O–H groups in total. The minimum atomic E-state index is -1.79. The summed E-state index contributed by atoms with van der Waals surface area (Å²) in [5, 5.41) is 68.3. The van der Waals surface area contributed by atoms with E-state index in [1.54, 1.807) is 0 Å². The summed E-state index contributed by atoms with van der Waals surface area (Å²) in [5.41, 5.74) is 0. The first kappa shape index (κ1) is 21.9. The lowest BCUT2D eigenvalue weighted by molar-refractivity contribution is -0.313. The topological polar surface area (TPSA) is 179 Å². The highest BCUT2D eigenvalue weighted by molar-refractivity contribution is 4.97. The van der Waals surface area contributed by atoms with Gasteiger partial charge in [-0.1, -0.05) is 6.92 Å². The second-order valence-corrected chi connectivity index (χ2v) is 6.44. The fourth-order valence-electron chi connectivity index (χ4n) is 2.96. The van der Waals surface area contributed by atoms with Crippen molar-refractivity contribution in [1.82, 2.24) is 0 Å². The second-order valence-electron chi connectivity index (χ2n) is 6.44. The lowest BCUT2D eigenvalue weighted by Crippen LogP contribution is -2.59. The molecule has 0 aliphatic carbocycles. The van der Waals surface area contributed by atoms with Gasteiger partial charge < -0.3 is 54.7 Å². The van der Waals surface area contributed by atoms with E-state index in [9.17, 15) is 30.6 Å². The molecule has 0 aromatic heterocycles. The third-order valence-electron chi connectivity index (χ3n) is 4.55. The number of ether oxygens (including phenoxy) is 4. The molecule has 2 rings (SSSR count). The first-order valence-corrected chi connectivity index (χ1v) is 8.52. The molecule has 0 saturated carbocycles. The lowest BCUT2D eigenvalue weighted by atomic mass is 9.99. The summed E-state index contributed by atoms with van der Waals surface area (Å²) in [4.78, 5) is 0. The molecule has 154 valence electrons. The molecule has 2 fully saturated rings. The Balaban J connectivity index is 1.98. The van der Waals surface area contributed by atoms with Crippen LogP contribution in [0, 0.1) is 0 Å². The summed E-state index contributed by atoms with van der Waals surface area (Å²) in [6.07, 6.45) is -10.7. The van der Waals surface area contributed by atoms with E-state index < -0.39 is 68.0 Å². The van der Waals surface area contributed by atoms with E-state index in [4.69, 9.17) is 24.1 Å². The van der Waals surface area contributed by atoms with E-state index in [2.05, 4.69) is 0 Å². The Labute approximate surface area is 150 Å². The van der Waals surface area contributed by atoms with Crippen molar-refractivity contribution in [3.05, 3.63) is 0 Å². The van der Waals surface area contributed by atoms with Gasteiger partial charge in [0.2, 0.25) is 5.79 Å². The summed E-state index contributed by atoms with van der Waals surface area (Å²) in [7, 11) is 0. The summed E-state index contributed by atoms with van der Waals surface area (Å²) in [6, 6.07) is 0. The van der Waals surface area contributed by atoms with Gasteiger partial charge in [0.05, 0.1) is 13.2 Å². The zero-order chi connectivity index (χ0) is 19.5. The molecule has 26 heavy (non-hydrogen) atoms. The van der Waals surface area contributed by atoms with Gasteiger partial charge in [-0.25, -0.2) is 0 Å². The van der Waals surface area contributed by atoms with Crippen LogP contribution in [0.15, 0.2) is 0 Å². The molecule has 2 aliphatic rings. The molecule has 9 atom stereocenters. The maximum atomic E-state index is 10.1. The second kappa shape index (κ2) is 9.17. The number of hydrogen-bond acceptors (Lipinski definition) is 11. The van der Waals surface area contributed by atoms with E-state index in [0.29, 0.717) is 6.42 Å². The Morgan fingerprint density at radius 3 is 2.19 bits per heavy atom. The zero-order valence-electron chi connectivity index (χ0n) is 14.4. The highest BCUT2D eigenvalue weighted by Gasteiger charge is 2.55. The maximum absolute atomic E-state index is 10.1. The van der Waals surface area contributed by atoms with Gasteiger partial charge in [0.15, 0.2) is 6.29 Å². The van der Waals surface area contributed by atoms with E-state index in [0.717, 1.165) is 0 Å². The Morgan fingerprint density at radius 2 is 1.62 bits per heavy atom. The van der Waals surface area contributed by atoms with E-state index in [1.165, 1.54) is 0 Å². The van der Waals surface area contributed by atoms with Gasteiger partial charge in [0.1, 0.15) is 49.3 Å². The monoisotopic (exact) mass is 384 g/mol. The number of aliphatic hydroxyl groups excluding tert-OH is 7. The molecular weight excluding hydrogens is 356 g/mol. The predicted molar refractivity (Wildman–Crippen MR) is 82.7 cm³/mol. The van der Waals surface area contributed by atoms with Gasteiger partial charge in [0, 0.05) is 6.61 Å². The van der Waals surface area contributed by atoms with Gasteiger partial charge in [-0.05, 0) is 6.42 Å². The van der Waals surface area contributed by atoms with Crippen LogP contribution in [0.25, 0.3) is 0 Å². The van der Waals surface area contributed by atoms with Crippen LogP contribution in [0.2, 0.25) is 0 Å². The van der Waals surface area contributed by atoms with Crippen molar-refractivity contribution in [2.45, 2.75) is 68.1 Å². The molecule has 11 heteroatoms. The summed E-state index contributed by atoms with van der Waals surface area (Å²) in [5.74, 6) is -1.79. The average Bonchev–Trinajstić information content (AvgIpc) is 2.89. The molecule has 0 aromatic rings. The van der Waals surface area contributed by atoms with Crippen molar-refractivity contribution < 1.29 is 54.7 Å². The molecule has 0 radical (unpaired) electrons. The SMILES string of the molecule is CCCO[C@]1(CO)O[C@H](CO[C@H]2O[C@H](CO)[C@@H](O)[C@H](O)[C@H]2O)[C@@H](O)[C@@H]1O. The number of rotatable bonds is 8. The molecule has 2 saturated heterocycles. The maximum Gasteiger partial charge on any atom is 0.221 e. The summed E-state index contributed by atoms with van der Waals surface area (Å²) >= 11 is 0. The van der Waals surface area contributed by atoms with E-state index in [-0.39, 0.29) is 13.2 Å². The minimum Gasteiger partial charge on any atom is -0.394 e. The molecule has 0 bridgehead atoms. The predicted octanol–water partition coefficient (Wildman–Crippen LogP) is -3.96. The standard InChI is InChI=1S/C15H28O11/c1-2-3-24-15(6-17)13(22)10(19)8(26-15)5-23-14-12(21)11(20)9(18)7(4-16)25-14/h7-14,16-22H,2-6H2,1H3/t7-,8-,9-,10-,11+,12-,13+,14+,15-/m1/s1. The van der Waals surface area contributed by atoms with Gasteiger partial charge in [-0.2, -0.15) is 0 Å². The van der Waals surface area contributed by atoms with Crippen molar-refractivity contribution in [3.63, 3.8) is 0 Å². The Morgan fingerprint density at radius 1 is 0.923 bits per heavy atom. The summed E-state index contributed by atoms with van der Waals surface area (Å²) < 4.78 is 21.3. The smallest absolute Gasteiger partial charge is 0.221 e. The highest BCUT2D eigenvalue weighted by Crippen LogP contribution is 2.33. The van der Waals surface area contributed by atoms with E-state index >= 15 is 0 Å². The van der Waals surface area contributed by atoms with Crippen LogP contribution in [-0.4, -0.2) is 117 Å². The number of aliphatic hydroxyl groups is 7. The quantitative estimate of drug-likeness (QED) is 0.217. The zero-order valence-corrected chi connectivity index (χ0v) is 14.4. The Hall–Kier alpha value is -0.440. The van der Waals surface area contributed by atoms with Gasteiger partial charge in [0.25, 0.3) is 0 Å². The Bertz CT molecular complexity index is 436. The molecule has 0 spiro atoms. The van der Waals surface area contributed by atoms with Crippen molar-refractivity contribution in [3.8, 4) is 0 Å². The van der Waals surface area contributed by atoms with Crippen molar-refractivity contribution in [2.75, 3.05) is 26.4 Å². The Kier molecular flexibility index (Phi) is 7.71. The van der Waals surface area contributed by atoms with Crippen molar-refractivity contribution >= 4 is 0 Å². The van der Waals surface area contributed by atoms with Crippen LogP contribution in [0.3, 0.4) is 0 Å². The normalized spacial score (nSPS) is 46.6. The first-order valence-electron chi connectivity index (χ1n) is 8.52. The molecule has 2 heterocycles. The van der Waals surface area contributed by atoms with Gasteiger partial charge in [-0.15, -0.1) is 0 Å². The third kappa shape index (κ3) is 4.18. The van der Waals surface area contributed by atoms with Crippen LogP contribution in [-0.2, 0) is 18.9 Å². The van der Waals surface area contributed by atoms with E-state index in [1.807, 2.05) is 6.92 Å². The molecular formula is C15H28O11. The minimum absolute atomic E-state index is 0.185. The molecule has 0 aromatic carbocycles. The molecule has 2 aliphatic heterocycles. The molecule has 0 amide bonds. The highest BCUT2D eigenvalue weighted by atomic mass is 16.8. The van der Waals surface area contributed by atoms with Crippen LogP contribution in [0.5, 0.6) is 0 Å². The van der Waals surface area contributed by atoms with Gasteiger partial charge >= 0.3 is 0 Å². The lowest BCUT2D eigenvalue weighted by Gasteiger charge is -2.39. The van der Waals surface area contributed by atoms with Gasteiger partial charge in [-0.3, -0.25) is 0 Å². The average molecular weight is 384 g/mol. The van der Waals surface area contributed by atoms with Crippen LogP contribution < -0.4 is 0 Å². The fraction of sp³-hybridized carbons (Fsp3) is 1.00. The van der Waals surface area contributed by atoms with Crippen molar-refractivity contribution in [2.24, 2.45) is 0 Å². The largest absolute Gasteiger partial charge is 0.394 e. The third-order valence-corrected chi connectivity index (χ3v) is 4.55.